The monoisotopic (exact) mass is 472 g/mol. The van der Waals surface area contributed by atoms with E-state index < -0.39 is 0 Å². The molecule has 0 spiro atoms. The quantitative estimate of drug-likeness (QED) is 0.396. The van der Waals surface area contributed by atoms with Crippen molar-refractivity contribution in [1.82, 2.24) is 20.2 Å². The maximum Gasteiger partial charge on any atom is 0.220 e. The Morgan fingerprint density at radius 2 is 1.97 bits per heavy atom. The standard InChI is InChI=1S/C25H36N4O3S/c1-18-23(19(2)28-25(27-18)33-4)8-9-24(30)26-17-20-6-5-7-22(16-20)32-15-12-29(3)21-10-13-31-14-11-21/h5-7,16,21H,8-15,17H2,1-4H3,(H,26,30). The molecule has 7 nitrogen and oxygen atoms in total. The van der Waals surface area contributed by atoms with Crippen LogP contribution in [0.1, 0.15) is 41.8 Å². The van der Waals surface area contributed by atoms with Crippen molar-refractivity contribution in [2.45, 2.75) is 57.3 Å². The average molecular weight is 473 g/mol. The molecule has 0 atom stereocenters. The van der Waals surface area contributed by atoms with E-state index in [4.69, 9.17) is 9.47 Å². The number of benzene rings is 1. The third-order valence-electron chi connectivity index (χ3n) is 6.10. The van der Waals surface area contributed by atoms with E-state index in [-0.39, 0.29) is 5.91 Å². The molecule has 2 aromatic rings. The molecule has 33 heavy (non-hydrogen) atoms. The number of aryl methyl sites for hydroxylation is 2. The van der Waals surface area contributed by atoms with Gasteiger partial charge in [0.1, 0.15) is 12.4 Å². The lowest BCUT2D eigenvalue weighted by Crippen LogP contribution is -2.38. The van der Waals surface area contributed by atoms with Gasteiger partial charge in [-0.05, 0) is 69.7 Å². The van der Waals surface area contributed by atoms with Crippen molar-refractivity contribution in [2.75, 3.05) is 39.7 Å². The maximum atomic E-state index is 12.4. The first-order chi connectivity index (χ1) is 16.0. The molecule has 8 heteroatoms. The van der Waals surface area contributed by atoms with E-state index in [2.05, 4.69) is 27.2 Å². The fourth-order valence-corrected chi connectivity index (χ4v) is 4.51. The summed E-state index contributed by atoms with van der Waals surface area (Å²) in [7, 11) is 2.15. The summed E-state index contributed by atoms with van der Waals surface area (Å²) >= 11 is 1.53. The lowest BCUT2D eigenvalue weighted by Gasteiger charge is -2.31. The van der Waals surface area contributed by atoms with Crippen LogP contribution in [-0.4, -0.2) is 66.5 Å². The molecule has 1 N–H and O–H groups in total. The minimum absolute atomic E-state index is 0.0205. The van der Waals surface area contributed by atoms with E-state index in [0.29, 0.717) is 32.0 Å². The molecule has 0 aliphatic carbocycles. The molecule has 1 aliphatic heterocycles. The number of amides is 1. The van der Waals surface area contributed by atoms with Gasteiger partial charge < -0.3 is 14.8 Å². The Kier molecular flexibility index (Phi) is 9.96. The van der Waals surface area contributed by atoms with Gasteiger partial charge in [0.05, 0.1) is 0 Å². The highest BCUT2D eigenvalue weighted by atomic mass is 32.2. The first kappa shape index (κ1) is 25.5. The van der Waals surface area contributed by atoms with Gasteiger partial charge >= 0.3 is 0 Å². The third kappa shape index (κ3) is 7.98. The normalized spacial score (nSPS) is 14.5. The Morgan fingerprint density at radius 1 is 1.24 bits per heavy atom. The Bertz CT molecular complexity index is 895. The highest BCUT2D eigenvalue weighted by molar-refractivity contribution is 7.98. The van der Waals surface area contributed by atoms with Crippen molar-refractivity contribution >= 4 is 17.7 Å². The predicted octanol–water partition coefficient (Wildman–Crippen LogP) is 3.55. The van der Waals surface area contributed by atoms with Crippen molar-refractivity contribution in [3.8, 4) is 5.75 Å². The zero-order valence-electron chi connectivity index (χ0n) is 20.2. The smallest absolute Gasteiger partial charge is 0.220 e. The van der Waals surface area contributed by atoms with Crippen LogP contribution in [0.3, 0.4) is 0 Å². The second kappa shape index (κ2) is 12.9. The Balaban J connectivity index is 1.41. The highest BCUT2D eigenvalue weighted by Crippen LogP contribution is 2.18. The van der Waals surface area contributed by atoms with Gasteiger partial charge in [0.25, 0.3) is 0 Å². The van der Waals surface area contributed by atoms with Crippen molar-refractivity contribution < 1.29 is 14.3 Å². The largest absolute Gasteiger partial charge is 0.492 e. The summed E-state index contributed by atoms with van der Waals surface area (Å²) in [5.74, 6) is 0.853. The third-order valence-corrected chi connectivity index (χ3v) is 6.65. The van der Waals surface area contributed by atoms with E-state index >= 15 is 0 Å². The van der Waals surface area contributed by atoms with Crippen LogP contribution in [0.25, 0.3) is 0 Å². The minimum Gasteiger partial charge on any atom is -0.492 e. The second-order valence-electron chi connectivity index (χ2n) is 8.46. The molecule has 0 radical (unpaired) electrons. The maximum absolute atomic E-state index is 12.4. The highest BCUT2D eigenvalue weighted by Gasteiger charge is 2.18. The number of nitrogens with zero attached hydrogens (tertiary/aromatic N) is 3. The van der Waals surface area contributed by atoms with Crippen LogP contribution in [-0.2, 0) is 22.5 Å². The molecule has 1 amide bonds. The number of ether oxygens (including phenoxy) is 2. The molecule has 180 valence electrons. The van der Waals surface area contributed by atoms with Crippen LogP contribution >= 0.6 is 11.8 Å². The number of nitrogens with one attached hydrogen (secondary N) is 1. The van der Waals surface area contributed by atoms with Crippen molar-refractivity contribution in [2.24, 2.45) is 0 Å². The Labute approximate surface area is 201 Å². The van der Waals surface area contributed by atoms with Crippen LogP contribution in [0.4, 0.5) is 0 Å². The molecule has 0 unspecified atom stereocenters. The number of hydrogen-bond donors (Lipinski definition) is 1. The van der Waals surface area contributed by atoms with Gasteiger partial charge in [-0.15, -0.1) is 0 Å². The first-order valence-electron chi connectivity index (χ1n) is 11.6. The summed E-state index contributed by atoms with van der Waals surface area (Å²) in [4.78, 5) is 23.8. The van der Waals surface area contributed by atoms with Crippen LogP contribution < -0.4 is 10.1 Å². The summed E-state index contributed by atoms with van der Waals surface area (Å²) < 4.78 is 11.4. The molecule has 1 aromatic heterocycles. The van der Waals surface area contributed by atoms with Gasteiger partial charge in [-0.3, -0.25) is 9.69 Å². The van der Waals surface area contributed by atoms with E-state index in [0.717, 1.165) is 66.0 Å². The number of aromatic nitrogens is 2. The van der Waals surface area contributed by atoms with Gasteiger partial charge in [-0.2, -0.15) is 0 Å². The van der Waals surface area contributed by atoms with E-state index in [1.807, 2.05) is 44.4 Å². The lowest BCUT2D eigenvalue weighted by molar-refractivity contribution is -0.121. The number of likely N-dealkylation sites (N-methyl/N-ethyl adjacent to an activating group) is 1. The molecule has 3 rings (SSSR count). The molecular weight excluding hydrogens is 436 g/mol. The van der Waals surface area contributed by atoms with E-state index in [1.54, 1.807) is 0 Å². The second-order valence-corrected chi connectivity index (χ2v) is 9.23. The van der Waals surface area contributed by atoms with Gasteiger partial charge in [-0.25, -0.2) is 9.97 Å². The lowest BCUT2D eigenvalue weighted by atomic mass is 10.1. The van der Waals surface area contributed by atoms with Gasteiger partial charge in [0, 0.05) is 50.2 Å². The van der Waals surface area contributed by atoms with Crippen LogP contribution in [0.5, 0.6) is 5.75 Å². The molecule has 0 bridgehead atoms. The van der Waals surface area contributed by atoms with Crippen molar-refractivity contribution in [1.29, 1.82) is 0 Å². The van der Waals surface area contributed by atoms with Crippen molar-refractivity contribution in [3.63, 3.8) is 0 Å². The summed E-state index contributed by atoms with van der Waals surface area (Å²) in [5, 5.41) is 3.79. The Hall–Kier alpha value is -2.16. The number of hydrogen-bond acceptors (Lipinski definition) is 7. The SMILES string of the molecule is CSc1nc(C)c(CCC(=O)NCc2cccc(OCCN(C)C3CCOCC3)c2)c(C)n1. The van der Waals surface area contributed by atoms with Gasteiger partial charge in [0.2, 0.25) is 5.91 Å². The summed E-state index contributed by atoms with van der Waals surface area (Å²) in [6.07, 6.45) is 5.19. The number of rotatable bonds is 11. The number of carbonyl (C=O) groups is 1. The zero-order chi connectivity index (χ0) is 23.6. The van der Waals surface area contributed by atoms with Crippen LogP contribution in [0.2, 0.25) is 0 Å². The number of thioether (sulfide) groups is 1. The van der Waals surface area contributed by atoms with Gasteiger partial charge in [0.15, 0.2) is 5.16 Å². The molecule has 1 fully saturated rings. The summed E-state index contributed by atoms with van der Waals surface area (Å²) in [5.41, 5.74) is 3.99. The van der Waals surface area contributed by atoms with Crippen molar-refractivity contribution in [3.05, 3.63) is 46.8 Å². The minimum atomic E-state index is 0.0205. The summed E-state index contributed by atoms with van der Waals surface area (Å²) in [6, 6.07) is 8.51. The molecule has 2 heterocycles. The summed E-state index contributed by atoms with van der Waals surface area (Å²) in [6.45, 7) is 7.66. The van der Waals surface area contributed by atoms with Gasteiger partial charge in [-0.1, -0.05) is 23.9 Å². The Morgan fingerprint density at radius 3 is 2.67 bits per heavy atom. The first-order valence-corrected chi connectivity index (χ1v) is 12.8. The molecule has 1 aromatic carbocycles. The molecule has 0 saturated carbocycles. The van der Waals surface area contributed by atoms with E-state index in [9.17, 15) is 4.79 Å². The predicted molar refractivity (Wildman–Crippen MR) is 132 cm³/mol. The fraction of sp³-hybridized carbons (Fsp3) is 0.560. The van der Waals surface area contributed by atoms with Crippen LogP contribution in [0, 0.1) is 13.8 Å². The fourth-order valence-electron chi connectivity index (χ4n) is 4.05. The topological polar surface area (TPSA) is 76.6 Å². The molecule has 1 saturated heterocycles. The zero-order valence-corrected chi connectivity index (χ0v) is 21.0. The average Bonchev–Trinajstić information content (AvgIpc) is 2.82. The van der Waals surface area contributed by atoms with Crippen LogP contribution in [0.15, 0.2) is 29.4 Å². The molecule has 1 aliphatic rings. The number of carbonyl (C=O) groups excluding carboxylic acids is 1. The molecular formula is C25H36N4O3S. The van der Waals surface area contributed by atoms with E-state index in [1.165, 1.54) is 11.8 Å².